The minimum atomic E-state index is -0.492. The molecule has 16 heavy (non-hydrogen) atoms. The summed E-state index contributed by atoms with van der Waals surface area (Å²) in [5, 5.41) is 3.00. The lowest BCUT2D eigenvalue weighted by Gasteiger charge is -2.25. The second-order valence-corrected chi connectivity index (χ2v) is 3.94. The van der Waals surface area contributed by atoms with Crippen LogP contribution in [0.1, 0.15) is 32.6 Å². The van der Waals surface area contributed by atoms with Gasteiger partial charge in [0.05, 0.1) is 6.20 Å². The van der Waals surface area contributed by atoms with Crippen molar-refractivity contribution in [3.8, 4) is 5.88 Å². The molecule has 1 aliphatic carbocycles. The minimum Gasteiger partial charge on any atom is -0.472 e. The largest absolute Gasteiger partial charge is 0.472 e. The van der Waals surface area contributed by atoms with Gasteiger partial charge in [-0.2, -0.15) is 9.37 Å². The molecule has 0 unspecified atom stereocenters. The highest BCUT2D eigenvalue weighted by Gasteiger charge is 2.21. The summed E-state index contributed by atoms with van der Waals surface area (Å²) >= 11 is 0. The van der Waals surface area contributed by atoms with E-state index in [0.29, 0.717) is 5.95 Å². The van der Waals surface area contributed by atoms with Gasteiger partial charge in [0.25, 0.3) is 5.88 Å². The van der Waals surface area contributed by atoms with Crippen molar-refractivity contribution in [1.82, 2.24) is 9.97 Å². The summed E-state index contributed by atoms with van der Waals surface area (Å²) < 4.78 is 18.8. The summed E-state index contributed by atoms with van der Waals surface area (Å²) in [6, 6.07) is 0. The first-order chi connectivity index (χ1) is 7.79. The fourth-order valence-electron chi connectivity index (χ4n) is 1.40. The van der Waals surface area contributed by atoms with Crippen molar-refractivity contribution in [3.63, 3.8) is 0 Å². The number of hydrogen-bond donors (Lipinski definition) is 1. The Morgan fingerprint density at radius 2 is 2.38 bits per heavy atom. The summed E-state index contributed by atoms with van der Waals surface area (Å²) in [4.78, 5) is 7.86. The van der Waals surface area contributed by atoms with Crippen molar-refractivity contribution in [1.29, 1.82) is 0 Å². The van der Waals surface area contributed by atoms with Crippen LogP contribution < -0.4 is 10.1 Å². The molecule has 0 spiro atoms. The van der Waals surface area contributed by atoms with Crippen LogP contribution in [0, 0.1) is 5.82 Å². The van der Waals surface area contributed by atoms with Crippen molar-refractivity contribution in [2.24, 2.45) is 0 Å². The number of rotatable bonds is 5. The van der Waals surface area contributed by atoms with Gasteiger partial charge in [0.2, 0.25) is 11.8 Å². The molecule has 0 bridgehead atoms. The minimum absolute atomic E-state index is 0.0679. The fraction of sp³-hybridized carbons (Fsp3) is 0.636. The van der Waals surface area contributed by atoms with Gasteiger partial charge in [0, 0.05) is 6.54 Å². The van der Waals surface area contributed by atoms with E-state index in [-0.39, 0.29) is 12.0 Å². The van der Waals surface area contributed by atoms with Crippen LogP contribution in [0.25, 0.3) is 0 Å². The maximum Gasteiger partial charge on any atom is 0.255 e. The standard InChI is InChI=1S/C11H16FN3O/c1-2-6-13-11-14-7-9(12)10(15-11)16-8-4-3-5-8/h7-8H,2-6H2,1H3,(H,13,14,15). The highest BCUT2D eigenvalue weighted by molar-refractivity contribution is 5.28. The Labute approximate surface area is 94.2 Å². The third-order valence-electron chi connectivity index (χ3n) is 2.58. The molecule has 1 aromatic rings. The Morgan fingerprint density at radius 1 is 1.56 bits per heavy atom. The van der Waals surface area contributed by atoms with Crippen LogP contribution in [0.15, 0.2) is 6.20 Å². The van der Waals surface area contributed by atoms with Crippen LogP contribution in [-0.4, -0.2) is 22.6 Å². The van der Waals surface area contributed by atoms with E-state index in [2.05, 4.69) is 15.3 Å². The van der Waals surface area contributed by atoms with E-state index < -0.39 is 5.82 Å². The van der Waals surface area contributed by atoms with Crippen molar-refractivity contribution < 1.29 is 9.13 Å². The molecule has 0 aromatic carbocycles. The van der Waals surface area contributed by atoms with Gasteiger partial charge in [-0.25, -0.2) is 4.98 Å². The molecule has 0 amide bonds. The maximum atomic E-state index is 13.3. The molecular formula is C11H16FN3O. The number of hydrogen-bond acceptors (Lipinski definition) is 4. The number of nitrogens with zero attached hydrogens (tertiary/aromatic N) is 2. The van der Waals surface area contributed by atoms with E-state index in [1.165, 1.54) is 0 Å². The van der Waals surface area contributed by atoms with Gasteiger partial charge in [0.15, 0.2) is 0 Å². The van der Waals surface area contributed by atoms with Crippen LogP contribution in [-0.2, 0) is 0 Å². The zero-order valence-electron chi connectivity index (χ0n) is 9.37. The van der Waals surface area contributed by atoms with Gasteiger partial charge < -0.3 is 10.1 Å². The van der Waals surface area contributed by atoms with Gasteiger partial charge in [0.1, 0.15) is 6.10 Å². The molecule has 1 N–H and O–H groups in total. The van der Waals surface area contributed by atoms with Gasteiger partial charge in [-0.15, -0.1) is 0 Å². The predicted octanol–water partition coefficient (Wildman–Crippen LogP) is 2.37. The Balaban J connectivity index is 2.02. The summed E-state index contributed by atoms with van der Waals surface area (Å²) in [5.74, 6) is 0.00447. The van der Waals surface area contributed by atoms with E-state index in [1.54, 1.807) is 0 Å². The van der Waals surface area contributed by atoms with Crippen molar-refractivity contribution in [2.45, 2.75) is 38.7 Å². The lowest BCUT2D eigenvalue weighted by atomic mass is 9.96. The first kappa shape index (κ1) is 11.1. The molecule has 0 radical (unpaired) electrons. The molecule has 1 saturated carbocycles. The van der Waals surface area contributed by atoms with Gasteiger partial charge >= 0.3 is 0 Å². The summed E-state index contributed by atoms with van der Waals surface area (Å²) in [6.45, 7) is 2.82. The van der Waals surface area contributed by atoms with Gasteiger partial charge in [-0.1, -0.05) is 6.92 Å². The summed E-state index contributed by atoms with van der Waals surface area (Å²) in [5.41, 5.74) is 0. The third-order valence-corrected chi connectivity index (χ3v) is 2.58. The molecular weight excluding hydrogens is 209 g/mol. The molecule has 1 aromatic heterocycles. The smallest absolute Gasteiger partial charge is 0.255 e. The topological polar surface area (TPSA) is 47.0 Å². The molecule has 1 heterocycles. The van der Waals surface area contributed by atoms with Crippen LogP contribution in [0.5, 0.6) is 5.88 Å². The molecule has 2 rings (SSSR count). The van der Waals surface area contributed by atoms with E-state index in [9.17, 15) is 4.39 Å². The first-order valence-corrected chi connectivity index (χ1v) is 5.72. The van der Waals surface area contributed by atoms with Crippen molar-refractivity contribution in [2.75, 3.05) is 11.9 Å². The van der Waals surface area contributed by atoms with Crippen LogP contribution >= 0.6 is 0 Å². The molecule has 88 valence electrons. The number of anilines is 1. The third kappa shape index (κ3) is 2.59. The monoisotopic (exact) mass is 225 g/mol. The average molecular weight is 225 g/mol. The first-order valence-electron chi connectivity index (χ1n) is 5.72. The van der Waals surface area contributed by atoms with Crippen LogP contribution in [0.3, 0.4) is 0 Å². The molecule has 4 nitrogen and oxygen atoms in total. The SMILES string of the molecule is CCCNc1ncc(F)c(OC2CCC2)n1. The zero-order chi connectivity index (χ0) is 11.4. The Morgan fingerprint density at radius 3 is 3.00 bits per heavy atom. The number of halogens is 1. The van der Waals surface area contributed by atoms with E-state index in [0.717, 1.165) is 38.4 Å². The predicted molar refractivity (Wildman–Crippen MR) is 59.0 cm³/mol. The quantitative estimate of drug-likeness (QED) is 0.835. The van der Waals surface area contributed by atoms with E-state index >= 15 is 0 Å². The lowest BCUT2D eigenvalue weighted by Crippen LogP contribution is -2.25. The fourth-order valence-corrected chi connectivity index (χ4v) is 1.40. The number of ether oxygens (including phenoxy) is 1. The summed E-state index contributed by atoms with van der Waals surface area (Å²) in [6.07, 6.45) is 5.38. The Hall–Kier alpha value is -1.39. The van der Waals surface area contributed by atoms with E-state index in [4.69, 9.17) is 4.74 Å². The molecule has 5 heteroatoms. The van der Waals surface area contributed by atoms with Crippen LogP contribution in [0.4, 0.5) is 10.3 Å². The second kappa shape index (κ2) is 5.09. The van der Waals surface area contributed by atoms with Gasteiger partial charge in [-0.05, 0) is 25.7 Å². The molecule has 0 atom stereocenters. The number of nitrogens with one attached hydrogen (secondary N) is 1. The average Bonchev–Trinajstić information content (AvgIpc) is 2.23. The number of aromatic nitrogens is 2. The zero-order valence-corrected chi connectivity index (χ0v) is 9.37. The summed E-state index contributed by atoms with van der Waals surface area (Å²) in [7, 11) is 0. The molecule has 1 fully saturated rings. The Bertz CT molecular complexity index is 355. The normalized spacial score (nSPS) is 15.6. The van der Waals surface area contributed by atoms with Crippen molar-refractivity contribution in [3.05, 3.63) is 12.0 Å². The second-order valence-electron chi connectivity index (χ2n) is 3.94. The Kier molecular flexibility index (Phi) is 3.54. The maximum absolute atomic E-state index is 13.3. The molecule has 1 aliphatic rings. The van der Waals surface area contributed by atoms with Gasteiger partial charge in [-0.3, -0.25) is 0 Å². The van der Waals surface area contributed by atoms with Crippen LogP contribution in [0.2, 0.25) is 0 Å². The highest BCUT2D eigenvalue weighted by Crippen LogP contribution is 2.25. The molecule has 0 saturated heterocycles. The van der Waals surface area contributed by atoms with Crippen molar-refractivity contribution >= 4 is 5.95 Å². The molecule has 0 aliphatic heterocycles. The van der Waals surface area contributed by atoms with E-state index in [1.807, 2.05) is 6.92 Å². The highest BCUT2D eigenvalue weighted by atomic mass is 19.1. The lowest BCUT2D eigenvalue weighted by molar-refractivity contribution is 0.109.